The lowest BCUT2D eigenvalue weighted by molar-refractivity contribution is 1.40. The number of hydrogen-bond acceptors (Lipinski definition) is 3. The van der Waals surface area contributed by atoms with Crippen LogP contribution in [0.15, 0.2) is 27.1 Å². The summed E-state index contributed by atoms with van der Waals surface area (Å²) < 4.78 is 0. The van der Waals surface area contributed by atoms with E-state index in [1.807, 2.05) is 18.2 Å². The fourth-order valence-corrected chi connectivity index (χ4v) is 1.43. The van der Waals surface area contributed by atoms with Gasteiger partial charge in [0.15, 0.2) is 0 Å². The molecule has 0 aromatic heterocycles. The fraction of sp³-hybridized carbons (Fsp3) is 0. The summed E-state index contributed by atoms with van der Waals surface area (Å²) in [6.07, 6.45) is 5.33. The van der Waals surface area contributed by atoms with Gasteiger partial charge in [-0.1, -0.05) is 6.07 Å². The molecule has 2 aliphatic rings. The van der Waals surface area contributed by atoms with Crippen LogP contribution in [-0.2, 0) is 0 Å². The van der Waals surface area contributed by atoms with E-state index in [1.165, 1.54) is 0 Å². The summed E-state index contributed by atoms with van der Waals surface area (Å²) in [7, 11) is 0. The molecule has 12 heavy (non-hydrogen) atoms. The smallest absolute Gasteiger partial charge is 0.117 e. The second kappa shape index (κ2) is 1.88. The van der Waals surface area contributed by atoms with E-state index >= 15 is 0 Å². The van der Waals surface area contributed by atoms with Crippen molar-refractivity contribution in [3.05, 3.63) is 22.7 Å². The van der Waals surface area contributed by atoms with Crippen molar-refractivity contribution in [1.82, 2.24) is 0 Å². The van der Waals surface area contributed by atoms with E-state index in [1.54, 1.807) is 12.6 Å². The van der Waals surface area contributed by atoms with Gasteiger partial charge in [0.2, 0.25) is 0 Å². The van der Waals surface area contributed by atoms with Crippen molar-refractivity contribution in [2.24, 2.45) is 15.0 Å². The molecule has 56 valence electrons. The quantitative estimate of drug-likeness (QED) is 0.522. The number of fused-ring (bicyclic) bond motifs is 3. The van der Waals surface area contributed by atoms with Gasteiger partial charge in [-0.25, -0.2) is 9.98 Å². The van der Waals surface area contributed by atoms with Crippen LogP contribution < -0.4 is 10.6 Å². The first-order valence-electron chi connectivity index (χ1n) is 3.73. The minimum Gasteiger partial charge on any atom is -0.254 e. The molecule has 0 amide bonds. The van der Waals surface area contributed by atoms with Gasteiger partial charge >= 0.3 is 0 Å². The van der Waals surface area contributed by atoms with Crippen LogP contribution in [0.4, 0.5) is 11.4 Å². The molecule has 0 atom stereocenters. The molecule has 0 fully saturated rings. The van der Waals surface area contributed by atoms with Gasteiger partial charge in [-0.2, -0.15) is 0 Å². The number of aliphatic imine (C=N–C) groups is 2. The van der Waals surface area contributed by atoms with Crippen LogP contribution in [0.1, 0.15) is 0 Å². The van der Waals surface area contributed by atoms with Crippen molar-refractivity contribution in [2.45, 2.75) is 0 Å². The molecule has 1 aromatic carbocycles. The first kappa shape index (κ1) is 5.83. The second-order valence-electron chi connectivity index (χ2n) is 2.69. The molecule has 3 rings (SSSR count). The van der Waals surface area contributed by atoms with Crippen molar-refractivity contribution in [1.29, 1.82) is 0 Å². The van der Waals surface area contributed by atoms with E-state index in [0.717, 1.165) is 22.0 Å². The summed E-state index contributed by atoms with van der Waals surface area (Å²) in [5.41, 5.74) is 1.85. The molecule has 0 N–H and O–H groups in total. The summed E-state index contributed by atoms with van der Waals surface area (Å²) in [6.45, 7) is 0. The third-order valence-corrected chi connectivity index (χ3v) is 2.00. The highest BCUT2D eigenvalue weighted by atomic mass is 15.0. The molecule has 3 heteroatoms. The molecule has 0 aliphatic carbocycles. The fourth-order valence-electron chi connectivity index (χ4n) is 1.43. The highest BCUT2D eigenvalue weighted by molar-refractivity contribution is 5.99. The maximum absolute atomic E-state index is 4.22. The summed E-state index contributed by atoms with van der Waals surface area (Å²) in [6, 6.07) is 3.98. The Kier molecular flexibility index (Phi) is 0.913. The SMILES string of the molecule is C1=Nc2c3c(ccc2=C1)=NC=N3. The maximum Gasteiger partial charge on any atom is 0.117 e. The Bertz CT molecular complexity index is 474. The zero-order chi connectivity index (χ0) is 7.97. The average Bonchev–Trinajstić information content (AvgIpc) is 2.71. The Labute approximate surface area is 68.5 Å². The van der Waals surface area contributed by atoms with Gasteiger partial charge in [0, 0.05) is 11.4 Å². The standard InChI is InChI=1S/C9H5N3/c1-2-7-9(12-5-11-7)8-6(1)3-4-10-8/h1-5H. The van der Waals surface area contributed by atoms with Crippen molar-refractivity contribution in [2.75, 3.05) is 0 Å². The summed E-state index contributed by atoms with van der Waals surface area (Å²) in [4.78, 5) is 12.5. The number of hydrogen-bond donors (Lipinski definition) is 0. The molecule has 0 unspecified atom stereocenters. The third-order valence-electron chi connectivity index (χ3n) is 2.00. The first-order chi connectivity index (χ1) is 5.95. The van der Waals surface area contributed by atoms with Crippen molar-refractivity contribution in [3.63, 3.8) is 0 Å². The van der Waals surface area contributed by atoms with Crippen molar-refractivity contribution >= 4 is 30.0 Å². The molecule has 2 heterocycles. The van der Waals surface area contributed by atoms with Crippen LogP contribution in [0, 0.1) is 0 Å². The molecule has 0 saturated carbocycles. The minimum absolute atomic E-state index is 0.900. The molecule has 1 aromatic rings. The van der Waals surface area contributed by atoms with Gasteiger partial charge in [0.1, 0.15) is 12.0 Å². The van der Waals surface area contributed by atoms with E-state index in [0.29, 0.717) is 0 Å². The van der Waals surface area contributed by atoms with Crippen molar-refractivity contribution in [3.8, 4) is 0 Å². The maximum atomic E-state index is 4.22. The number of nitrogens with zero attached hydrogens (tertiary/aromatic N) is 3. The van der Waals surface area contributed by atoms with Gasteiger partial charge in [-0.05, 0) is 12.1 Å². The van der Waals surface area contributed by atoms with Crippen LogP contribution >= 0.6 is 0 Å². The average molecular weight is 155 g/mol. The lowest BCUT2D eigenvalue weighted by Crippen LogP contribution is -2.06. The lowest BCUT2D eigenvalue weighted by Gasteiger charge is -1.93. The first-order valence-corrected chi connectivity index (χ1v) is 3.73. The minimum atomic E-state index is 0.900. The zero-order valence-electron chi connectivity index (χ0n) is 6.23. The van der Waals surface area contributed by atoms with Crippen LogP contribution in [0.25, 0.3) is 6.08 Å². The van der Waals surface area contributed by atoms with Crippen LogP contribution in [0.2, 0.25) is 0 Å². The Morgan fingerprint density at radius 3 is 3.00 bits per heavy atom. The predicted octanol–water partition coefficient (Wildman–Crippen LogP) is 0.476. The van der Waals surface area contributed by atoms with Gasteiger partial charge in [-0.3, -0.25) is 4.99 Å². The van der Waals surface area contributed by atoms with Crippen LogP contribution in [0.3, 0.4) is 0 Å². The van der Waals surface area contributed by atoms with E-state index in [9.17, 15) is 0 Å². The Morgan fingerprint density at radius 2 is 2.00 bits per heavy atom. The summed E-state index contributed by atoms with van der Waals surface area (Å²) in [5, 5.41) is 2.05. The summed E-state index contributed by atoms with van der Waals surface area (Å²) >= 11 is 0. The number of rotatable bonds is 0. The van der Waals surface area contributed by atoms with E-state index in [-0.39, 0.29) is 0 Å². The monoisotopic (exact) mass is 155 g/mol. The third kappa shape index (κ3) is 0.580. The van der Waals surface area contributed by atoms with Crippen LogP contribution in [0.5, 0.6) is 0 Å². The number of benzene rings is 1. The Hall–Kier alpha value is -1.77. The Balaban J connectivity index is 2.57. The van der Waals surface area contributed by atoms with Gasteiger partial charge in [-0.15, -0.1) is 0 Å². The topological polar surface area (TPSA) is 37.1 Å². The molecule has 0 spiro atoms. The molecule has 0 bridgehead atoms. The molecule has 2 aliphatic heterocycles. The largest absolute Gasteiger partial charge is 0.254 e. The zero-order valence-corrected chi connectivity index (χ0v) is 6.23. The molecule has 3 nitrogen and oxygen atoms in total. The summed E-state index contributed by atoms with van der Waals surface area (Å²) in [5.74, 6) is 0. The van der Waals surface area contributed by atoms with Crippen molar-refractivity contribution < 1.29 is 0 Å². The van der Waals surface area contributed by atoms with E-state index < -0.39 is 0 Å². The normalized spacial score (nSPS) is 15.3. The van der Waals surface area contributed by atoms with Gasteiger partial charge in [0.25, 0.3) is 0 Å². The molecular formula is C9H5N3. The highest BCUT2D eigenvalue weighted by Crippen LogP contribution is 2.21. The predicted molar refractivity (Wildman–Crippen MR) is 48.0 cm³/mol. The Morgan fingerprint density at radius 1 is 1.00 bits per heavy atom. The molecule has 0 radical (unpaired) electrons. The highest BCUT2D eigenvalue weighted by Gasteiger charge is 2.08. The lowest BCUT2D eigenvalue weighted by atomic mass is 10.2. The molecular weight excluding hydrogens is 150 g/mol. The van der Waals surface area contributed by atoms with E-state index in [2.05, 4.69) is 15.0 Å². The second-order valence-corrected chi connectivity index (χ2v) is 2.69. The van der Waals surface area contributed by atoms with Gasteiger partial charge in [0.05, 0.1) is 11.0 Å². The van der Waals surface area contributed by atoms with E-state index in [4.69, 9.17) is 0 Å². The van der Waals surface area contributed by atoms with Gasteiger partial charge < -0.3 is 0 Å². The van der Waals surface area contributed by atoms with Crippen LogP contribution in [-0.4, -0.2) is 12.6 Å². The molecule has 0 saturated heterocycles.